The van der Waals surface area contributed by atoms with Crippen LogP contribution in [0.25, 0.3) is 0 Å². The number of thiazole rings is 1. The normalized spacial score (nSPS) is 25.4. The molecule has 1 aliphatic rings. The monoisotopic (exact) mass is 387 g/mol. The van der Waals surface area contributed by atoms with Gasteiger partial charge in [-0.05, 0) is 31.2 Å². The van der Waals surface area contributed by atoms with Gasteiger partial charge in [-0.25, -0.2) is 0 Å². The third-order valence-corrected chi connectivity index (χ3v) is 6.11. The first-order valence-corrected chi connectivity index (χ1v) is 10.1. The zero-order valence-electron chi connectivity index (χ0n) is 15.4. The zero-order valence-corrected chi connectivity index (χ0v) is 16.2. The second-order valence-corrected chi connectivity index (χ2v) is 8.03. The molecular formula is C20H25N3O3S. The summed E-state index contributed by atoms with van der Waals surface area (Å²) in [5.74, 6) is -0.263. The maximum Gasteiger partial charge on any atom is 0.263 e. The zero-order chi connectivity index (χ0) is 19.3. The van der Waals surface area contributed by atoms with Crippen LogP contribution in [-0.2, 0) is 10.2 Å². The van der Waals surface area contributed by atoms with E-state index in [2.05, 4.69) is 27.8 Å². The summed E-state index contributed by atoms with van der Waals surface area (Å²) < 4.78 is 0. The van der Waals surface area contributed by atoms with Crippen molar-refractivity contribution in [2.24, 2.45) is 0 Å². The summed E-state index contributed by atoms with van der Waals surface area (Å²) in [7, 11) is 0. The van der Waals surface area contributed by atoms with Gasteiger partial charge in [0, 0.05) is 18.9 Å². The summed E-state index contributed by atoms with van der Waals surface area (Å²) in [6, 6.07) is 9.85. The van der Waals surface area contributed by atoms with Crippen LogP contribution in [0.2, 0.25) is 0 Å². The van der Waals surface area contributed by atoms with E-state index in [0.29, 0.717) is 24.3 Å². The number of aliphatic hydroxyl groups excluding tert-OH is 1. The van der Waals surface area contributed by atoms with Gasteiger partial charge in [0.05, 0.1) is 23.9 Å². The van der Waals surface area contributed by atoms with Crippen molar-refractivity contribution in [3.05, 3.63) is 52.5 Å². The lowest BCUT2D eigenvalue weighted by Crippen LogP contribution is -2.42. The molecule has 1 heterocycles. The number of carbonyl (C=O) groups excluding carboxylic acids is 2. The average Bonchev–Trinajstić information content (AvgIpc) is 3.16. The minimum absolute atomic E-state index is 0.129. The van der Waals surface area contributed by atoms with Crippen molar-refractivity contribution in [3.63, 3.8) is 0 Å². The molecule has 0 bridgehead atoms. The van der Waals surface area contributed by atoms with Gasteiger partial charge in [-0.1, -0.05) is 30.3 Å². The van der Waals surface area contributed by atoms with Crippen LogP contribution in [-0.4, -0.2) is 40.6 Å². The maximum absolute atomic E-state index is 12.4. The van der Waals surface area contributed by atoms with Gasteiger partial charge in [-0.15, -0.1) is 11.3 Å². The summed E-state index contributed by atoms with van der Waals surface area (Å²) in [5, 5.41) is 16.4. The van der Waals surface area contributed by atoms with E-state index in [0.717, 1.165) is 18.4 Å². The summed E-state index contributed by atoms with van der Waals surface area (Å²) in [4.78, 5) is 28.4. The van der Waals surface area contributed by atoms with Gasteiger partial charge < -0.3 is 15.7 Å². The molecule has 2 aromatic rings. The molecule has 0 saturated heterocycles. The summed E-state index contributed by atoms with van der Waals surface area (Å²) in [6.07, 6.45) is 3.71. The van der Waals surface area contributed by atoms with Crippen LogP contribution in [0.15, 0.2) is 42.0 Å². The number of amides is 2. The Morgan fingerprint density at radius 3 is 2.67 bits per heavy atom. The van der Waals surface area contributed by atoms with Crippen LogP contribution in [0, 0.1) is 0 Å². The lowest BCUT2D eigenvalue weighted by molar-refractivity contribution is -0.120. The number of nitrogens with zero attached hydrogens (tertiary/aromatic N) is 1. The topological polar surface area (TPSA) is 91.3 Å². The Kier molecular flexibility index (Phi) is 6.23. The molecule has 7 heteroatoms. The number of carbonyl (C=O) groups is 2. The van der Waals surface area contributed by atoms with Crippen LogP contribution < -0.4 is 10.6 Å². The first kappa shape index (κ1) is 19.5. The van der Waals surface area contributed by atoms with E-state index < -0.39 is 6.10 Å². The average molecular weight is 388 g/mol. The SMILES string of the molecule is CC(=O)N[C@H]1CC[C@](CNC(=O)c2cncs2)(c2ccccc2)CC[C@@H]1O. The van der Waals surface area contributed by atoms with Gasteiger partial charge in [-0.3, -0.25) is 14.6 Å². The molecule has 0 spiro atoms. The predicted molar refractivity (Wildman–Crippen MR) is 105 cm³/mol. The Morgan fingerprint density at radius 1 is 1.26 bits per heavy atom. The molecule has 144 valence electrons. The van der Waals surface area contributed by atoms with E-state index in [4.69, 9.17) is 0 Å². The number of aliphatic hydroxyl groups is 1. The Labute approximate surface area is 163 Å². The fraction of sp³-hybridized carbons (Fsp3) is 0.450. The molecule has 1 aliphatic carbocycles. The van der Waals surface area contributed by atoms with Gasteiger partial charge in [0.1, 0.15) is 4.88 Å². The van der Waals surface area contributed by atoms with E-state index in [9.17, 15) is 14.7 Å². The second-order valence-electron chi connectivity index (χ2n) is 7.15. The Balaban J connectivity index is 1.81. The highest BCUT2D eigenvalue weighted by Gasteiger charge is 2.38. The van der Waals surface area contributed by atoms with Gasteiger partial charge >= 0.3 is 0 Å². The lowest BCUT2D eigenvalue weighted by atomic mass is 9.74. The Bertz CT molecular complexity index is 766. The quantitative estimate of drug-likeness (QED) is 0.686. The molecule has 0 aliphatic heterocycles. The third kappa shape index (κ3) is 4.73. The van der Waals surface area contributed by atoms with Crippen molar-refractivity contribution in [3.8, 4) is 0 Å². The lowest BCUT2D eigenvalue weighted by Gasteiger charge is -2.34. The van der Waals surface area contributed by atoms with Crippen LogP contribution in [0.5, 0.6) is 0 Å². The molecule has 27 heavy (non-hydrogen) atoms. The summed E-state index contributed by atoms with van der Waals surface area (Å²) >= 11 is 1.31. The van der Waals surface area contributed by atoms with Gasteiger partial charge in [0.15, 0.2) is 0 Å². The Hall–Kier alpha value is -2.25. The summed E-state index contributed by atoms with van der Waals surface area (Å²) in [6.45, 7) is 1.95. The number of hydrogen-bond acceptors (Lipinski definition) is 5. The molecule has 1 saturated carbocycles. The molecule has 3 rings (SSSR count). The standard InChI is InChI=1S/C20H25N3O3S/c1-14(24)23-16-7-9-20(10-8-17(16)25,15-5-3-2-4-6-15)12-22-19(26)18-11-21-13-27-18/h2-6,11,13,16-17,25H,7-10,12H2,1H3,(H,22,26)(H,23,24)/t16-,17-,20-/m0/s1. The van der Waals surface area contributed by atoms with E-state index in [1.165, 1.54) is 18.3 Å². The first-order valence-electron chi connectivity index (χ1n) is 9.17. The van der Waals surface area contributed by atoms with Crippen LogP contribution >= 0.6 is 11.3 Å². The number of hydrogen-bond donors (Lipinski definition) is 3. The van der Waals surface area contributed by atoms with Crippen LogP contribution in [0.3, 0.4) is 0 Å². The highest BCUT2D eigenvalue weighted by atomic mass is 32.1. The largest absolute Gasteiger partial charge is 0.391 e. The van der Waals surface area contributed by atoms with Crippen molar-refractivity contribution in [2.75, 3.05) is 6.54 Å². The fourth-order valence-electron chi connectivity index (χ4n) is 3.83. The summed E-state index contributed by atoms with van der Waals surface area (Å²) in [5.41, 5.74) is 2.50. The molecule has 1 aromatic heterocycles. The van der Waals surface area contributed by atoms with E-state index in [-0.39, 0.29) is 23.3 Å². The smallest absolute Gasteiger partial charge is 0.263 e. The third-order valence-electron chi connectivity index (χ3n) is 5.34. The number of benzene rings is 1. The van der Waals surface area contributed by atoms with Gasteiger partial charge in [0.2, 0.25) is 5.91 Å². The van der Waals surface area contributed by atoms with Crippen LogP contribution in [0.4, 0.5) is 0 Å². The van der Waals surface area contributed by atoms with Crippen molar-refractivity contribution >= 4 is 23.2 Å². The molecule has 6 nitrogen and oxygen atoms in total. The second kappa shape index (κ2) is 8.63. The molecule has 1 aromatic carbocycles. The number of nitrogens with one attached hydrogen (secondary N) is 2. The molecule has 0 unspecified atom stereocenters. The molecule has 3 N–H and O–H groups in total. The molecule has 1 fully saturated rings. The molecule has 3 atom stereocenters. The van der Waals surface area contributed by atoms with Gasteiger partial charge in [0.25, 0.3) is 5.91 Å². The van der Waals surface area contributed by atoms with Crippen molar-refractivity contribution in [2.45, 2.75) is 50.2 Å². The van der Waals surface area contributed by atoms with E-state index >= 15 is 0 Å². The van der Waals surface area contributed by atoms with E-state index in [1.807, 2.05) is 18.2 Å². The first-order chi connectivity index (χ1) is 13.0. The minimum atomic E-state index is -0.586. The highest BCUT2D eigenvalue weighted by molar-refractivity contribution is 7.11. The van der Waals surface area contributed by atoms with Crippen molar-refractivity contribution in [1.82, 2.24) is 15.6 Å². The van der Waals surface area contributed by atoms with Gasteiger partial charge in [-0.2, -0.15) is 0 Å². The Morgan fingerprint density at radius 2 is 2.00 bits per heavy atom. The van der Waals surface area contributed by atoms with Crippen LogP contribution in [0.1, 0.15) is 47.8 Å². The number of aromatic nitrogens is 1. The van der Waals surface area contributed by atoms with Crippen molar-refractivity contribution < 1.29 is 14.7 Å². The fourth-order valence-corrected chi connectivity index (χ4v) is 4.36. The van der Waals surface area contributed by atoms with Crippen molar-refractivity contribution in [1.29, 1.82) is 0 Å². The number of rotatable bonds is 5. The maximum atomic E-state index is 12.4. The van der Waals surface area contributed by atoms with E-state index in [1.54, 1.807) is 11.7 Å². The highest BCUT2D eigenvalue weighted by Crippen LogP contribution is 2.38. The molecule has 2 amide bonds. The molecule has 0 radical (unpaired) electrons. The predicted octanol–water partition coefficient (Wildman–Crippen LogP) is 2.25. The molecular weight excluding hydrogens is 362 g/mol. The minimum Gasteiger partial charge on any atom is -0.391 e.